The number of carbonyl (C=O) groups excluding carboxylic acids is 2. The minimum absolute atomic E-state index is 0.0282. The van der Waals surface area contributed by atoms with Crippen molar-refractivity contribution in [2.75, 3.05) is 20.3 Å². The van der Waals surface area contributed by atoms with Gasteiger partial charge in [0.1, 0.15) is 16.9 Å². The van der Waals surface area contributed by atoms with Crippen molar-refractivity contribution in [3.8, 4) is 5.75 Å². The van der Waals surface area contributed by atoms with Crippen LogP contribution in [0.2, 0.25) is 0 Å². The molecule has 0 amide bonds. The number of ether oxygens (including phenoxy) is 4. The maximum absolute atomic E-state index is 14.3. The normalized spacial score (nSPS) is 24.1. The molecule has 3 aliphatic heterocycles. The zero-order valence-corrected chi connectivity index (χ0v) is 29.8. The number of aliphatic hydroxyl groups is 1. The fourth-order valence-corrected chi connectivity index (χ4v) is 8.09. The maximum Gasteiger partial charge on any atom is 0.339 e. The summed E-state index contributed by atoms with van der Waals surface area (Å²) < 4.78 is 31.4. The first-order valence-corrected chi connectivity index (χ1v) is 18.2. The van der Waals surface area contributed by atoms with E-state index in [1.165, 1.54) is 0 Å². The molecule has 0 saturated heterocycles. The number of aliphatic hydroxyl groups excluding tert-OH is 1. The number of benzene rings is 2. The minimum Gasteiger partial charge on any atom is -0.483 e. The summed E-state index contributed by atoms with van der Waals surface area (Å²) in [6.07, 6.45) is 5.77. The molecular formula is C41H50O9. The summed E-state index contributed by atoms with van der Waals surface area (Å²) in [5.74, 6) is -0.809. The lowest BCUT2D eigenvalue weighted by molar-refractivity contribution is -0.200. The molecule has 1 aliphatic carbocycles. The summed E-state index contributed by atoms with van der Waals surface area (Å²) in [5.41, 5.74) is 3.07. The van der Waals surface area contributed by atoms with Crippen molar-refractivity contribution in [3.05, 3.63) is 86.3 Å². The topological polar surface area (TPSA) is 122 Å². The second-order valence-electron chi connectivity index (χ2n) is 14.6. The molecule has 0 radical (unpaired) electrons. The fraction of sp³-hybridized carbons (Fsp3) is 0.537. The predicted octanol–water partition coefficient (Wildman–Crippen LogP) is 7.44. The van der Waals surface area contributed by atoms with Crippen LogP contribution in [0.1, 0.15) is 113 Å². The van der Waals surface area contributed by atoms with E-state index in [1.54, 1.807) is 13.2 Å². The van der Waals surface area contributed by atoms with Crippen LogP contribution in [-0.2, 0) is 36.6 Å². The largest absolute Gasteiger partial charge is 0.483 e. The maximum atomic E-state index is 14.3. The molecule has 4 aliphatic rings. The zero-order valence-electron chi connectivity index (χ0n) is 29.8. The lowest BCUT2D eigenvalue weighted by atomic mass is 9.71. The number of rotatable bonds is 6. The number of allylic oxidation sites excluding steroid dienone is 1. The Morgan fingerprint density at radius 3 is 2.32 bits per heavy atom. The molecule has 9 nitrogen and oxygen atoms in total. The molecule has 1 aromatic heterocycles. The fourth-order valence-electron chi connectivity index (χ4n) is 8.09. The van der Waals surface area contributed by atoms with E-state index in [-0.39, 0.29) is 37.1 Å². The Kier molecular flexibility index (Phi) is 11.1. The van der Waals surface area contributed by atoms with Crippen molar-refractivity contribution in [2.45, 2.75) is 115 Å². The molecule has 268 valence electrons. The van der Waals surface area contributed by atoms with Crippen LogP contribution in [0.3, 0.4) is 0 Å². The summed E-state index contributed by atoms with van der Waals surface area (Å²) in [5, 5.41) is 10.3. The summed E-state index contributed by atoms with van der Waals surface area (Å²) >= 11 is 0. The molecular weight excluding hydrogens is 636 g/mol. The quantitative estimate of drug-likeness (QED) is 0.160. The molecule has 0 unspecified atom stereocenters. The molecule has 2 bridgehead atoms. The summed E-state index contributed by atoms with van der Waals surface area (Å²) in [6.45, 7) is 5.92. The van der Waals surface area contributed by atoms with E-state index < -0.39 is 35.4 Å². The molecule has 2 aromatic carbocycles. The summed E-state index contributed by atoms with van der Waals surface area (Å²) in [4.78, 5) is 41.7. The van der Waals surface area contributed by atoms with Crippen molar-refractivity contribution >= 4 is 22.9 Å². The Morgan fingerprint density at radius 2 is 1.64 bits per heavy atom. The van der Waals surface area contributed by atoms with Gasteiger partial charge in [0.25, 0.3) is 0 Å². The van der Waals surface area contributed by atoms with E-state index in [2.05, 4.69) is 24.3 Å². The number of aryl methyl sites for hydroxylation is 2. The lowest BCUT2D eigenvalue weighted by Crippen LogP contribution is -2.58. The average molecular weight is 687 g/mol. The van der Waals surface area contributed by atoms with Gasteiger partial charge in [0.2, 0.25) is 0 Å². The van der Waals surface area contributed by atoms with Crippen LogP contribution in [0.15, 0.2) is 62.8 Å². The monoisotopic (exact) mass is 686 g/mol. The Labute approximate surface area is 293 Å². The standard InChI is InChI=1S/C41H50O9/c1-25(2)31-19-17-27-15-13-26(14-16-27)9-8-12-34(43)47-37-35-33(50-41(3,38(37)49-39(31)44)30-10-6-5-7-11-30)20-18-28-23-32(40(45)48-36(28)35)29(21-22-42)24-46-4/h13-16,18,20,23,29-30,37-38,42H,5-12,17,19,21-22,24H2,1-4H3/t29-,37-,38+,41+/m1/s1. The molecule has 1 fully saturated rings. The third-order valence-electron chi connectivity index (χ3n) is 11.0. The van der Waals surface area contributed by atoms with E-state index >= 15 is 0 Å². The Bertz CT molecular complexity index is 1770. The highest BCUT2D eigenvalue weighted by atomic mass is 16.6. The van der Waals surface area contributed by atoms with Crippen molar-refractivity contribution in [3.63, 3.8) is 0 Å². The molecule has 9 heteroatoms. The lowest BCUT2D eigenvalue weighted by Gasteiger charge is -2.49. The van der Waals surface area contributed by atoms with Crippen LogP contribution < -0.4 is 10.4 Å². The second kappa shape index (κ2) is 15.5. The van der Waals surface area contributed by atoms with Gasteiger partial charge in [-0.2, -0.15) is 0 Å². The number of fused-ring (bicyclic) bond motifs is 13. The molecule has 7 rings (SSSR count). The van der Waals surface area contributed by atoms with Crippen LogP contribution in [0, 0.1) is 5.92 Å². The van der Waals surface area contributed by atoms with Crippen LogP contribution in [-0.4, -0.2) is 49.1 Å². The van der Waals surface area contributed by atoms with Crippen LogP contribution in [0.5, 0.6) is 5.75 Å². The second-order valence-corrected chi connectivity index (χ2v) is 14.6. The van der Waals surface area contributed by atoms with Crippen molar-refractivity contribution in [1.29, 1.82) is 0 Å². The van der Waals surface area contributed by atoms with Gasteiger partial charge in [0.15, 0.2) is 12.2 Å². The highest BCUT2D eigenvalue weighted by Gasteiger charge is 2.56. The third-order valence-corrected chi connectivity index (χ3v) is 11.0. The van der Waals surface area contributed by atoms with Crippen LogP contribution >= 0.6 is 0 Å². The highest BCUT2D eigenvalue weighted by Crippen LogP contribution is 2.51. The predicted molar refractivity (Wildman–Crippen MR) is 189 cm³/mol. The minimum atomic E-state index is -1.09. The number of esters is 2. The van der Waals surface area contributed by atoms with Gasteiger partial charge in [-0.15, -0.1) is 0 Å². The van der Waals surface area contributed by atoms with Gasteiger partial charge >= 0.3 is 17.6 Å². The highest BCUT2D eigenvalue weighted by molar-refractivity contribution is 5.90. The summed E-state index contributed by atoms with van der Waals surface area (Å²) in [6, 6.07) is 13.7. The molecule has 1 N–H and O–H groups in total. The van der Waals surface area contributed by atoms with Crippen molar-refractivity contribution < 1.29 is 38.1 Å². The van der Waals surface area contributed by atoms with Gasteiger partial charge in [0.05, 0.1) is 12.2 Å². The van der Waals surface area contributed by atoms with Gasteiger partial charge in [-0.1, -0.05) is 49.1 Å². The van der Waals surface area contributed by atoms with Crippen LogP contribution in [0.4, 0.5) is 0 Å². The third kappa shape index (κ3) is 7.40. The molecule has 50 heavy (non-hydrogen) atoms. The van der Waals surface area contributed by atoms with Gasteiger partial charge in [-0.3, -0.25) is 4.79 Å². The van der Waals surface area contributed by atoms with E-state index in [1.807, 2.05) is 32.9 Å². The molecule has 1 saturated carbocycles. The SMILES string of the molecule is COC[C@@H](CCO)c1cc2ccc3c(c2oc1=O)[C@H]1OC(=O)CCCc2ccc(cc2)CCC(=C(C)C)C(=O)O[C@@H]1[C@](C)(C1CCCCC1)O3. The van der Waals surface area contributed by atoms with Gasteiger partial charge < -0.3 is 28.5 Å². The average Bonchev–Trinajstić information content (AvgIpc) is 3.10. The van der Waals surface area contributed by atoms with Gasteiger partial charge in [0, 0.05) is 48.5 Å². The van der Waals surface area contributed by atoms with Crippen molar-refractivity contribution in [1.82, 2.24) is 0 Å². The summed E-state index contributed by atoms with van der Waals surface area (Å²) in [7, 11) is 1.55. The van der Waals surface area contributed by atoms with Crippen LogP contribution in [0.25, 0.3) is 11.0 Å². The number of methoxy groups -OCH3 is 1. The Hall–Kier alpha value is -3.95. The number of carbonyl (C=O) groups is 2. The van der Waals surface area contributed by atoms with E-state index in [9.17, 15) is 19.5 Å². The number of hydrogen-bond donors (Lipinski definition) is 1. The van der Waals surface area contributed by atoms with E-state index in [0.29, 0.717) is 59.9 Å². The Balaban J connectivity index is 1.51. The van der Waals surface area contributed by atoms with Crippen molar-refractivity contribution in [2.24, 2.45) is 5.92 Å². The molecule has 0 spiro atoms. The van der Waals surface area contributed by atoms with E-state index in [4.69, 9.17) is 23.4 Å². The first-order valence-electron chi connectivity index (χ1n) is 18.2. The zero-order chi connectivity index (χ0) is 35.4. The van der Waals surface area contributed by atoms with Gasteiger partial charge in [-0.05, 0) is 95.0 Å². The first kappa shape index (κ1) is 35.9. The smallest absolute Gasteiger partial charge is 0.339 e. The van der Waals surface area contributed by atoms with E-state index in [0.717, 1.165) is 48.8 Å². The van der Waals surface area contributed by atoms with Gasteiger partial charge in [-0.25, -0.2) is 9.59 Å². The Morgan fingerprint density at radius 1 is 0.920 bits per heavy atom. The molecule has 3 aromatic rings. The number of hydrogen-bond acceptors (Lipinski definition) is 9. The first-order chi connectivity index (χ1) is 24.1. The molecule has 4 atom stereocenters. The molecule has 4 heterocycles.